The predicted molar refractivity (Wildman–Crippen MR) is 72.3 cm³/mol. The number of thiocarbonyl (C=S) groups is 1. The van der Waals surface area contributed by atoms with Crippen LogP contribution in [0.25, 0.3) is 0 Å². The fourth-order valence-corrected chi connectivity index (χ4v) is 2.80. The van der Waals surface area contributed by atoms with E-state index in [1.54, 1.807) is 0 Å². The molecule has 1 aliphatic heterocycles. The third-order valence-corrected chi connectivity index (χ3v) is 4.06. The fourth-order valence-electron chi connectivity index (χ4n) is 2.02. The topological polar surface area (TPSA) is 59.2 Å². The van der Waals surface area contributed by atoms with Gasteiger partial charge in [-0.3, -0.25) is 4.79 Å². The number of thiazole rings is 1. The smallest absolute Gasteiger partial charge is 0.273 e. The second-order valence-corrected chi connectivity index (χ2v) is 5.78. The van der Waals surface area contributed by atoms with Crippen LogP contribution >= 0.6 is 23.6 Å². The lowest BCUT2D eigenvalue weighted by Gasteiger charge is -2.31. The minimum atomic E-state index is -0.00435. The van der Waals surface area contributed by atoms with Crippen LogP contribution in [0.1, 0.15) is 28.3 Å². The average molecular weight is 269 g/mol. The van der Waals surface area contributed by atoms with Crippen molar-refractivity contribution in [1.29, 1.82) is 0 Å². The normalized spacial score (nSPS) is 20.3. The molecule has 0 radical (unpaired) electrons. The van der Waals surface area contributed by atoms with E-state index in [2.05, 4.69) is 4.98 Å². The molecule has 92 valence electrons. The molecule has 1 aliphatic rings. The number of rotatable bonds is 2. The minimum Gasteiger partial charge on any atom is -0.393 e. The maximum absolute atomic E-state index is 12.2. The first-order valence-corrected chi connectivity index (χ1v) is 6.87. The summed E-state index contributed by atoms with van der Waals surface area (Å²) < 4.78 is 0. The zero-order chi connectivity index (χ0) is 12.4. The van der Waals surface area contributed by atoms with Gasteiger partial charge in [-0.1, -0.05) is 12.2 Å². The maximum Gasteiger partial charge on any atom is 0.273 e. The van der Waals surface area contributed by atoms with Crippen molar-refractivity contribution in [1.82, 2.24) is 9.88 Å². The van der Waals surface area contributed by atoms with E-state index >= 15 is 0 Å². The SMILES string of the molecule is Cc1nc(C(=O)N2CCCC(C(N)=S)C2)cs1. The van der Waals surface area contributed by atoms with E-state index in [4.69, 9.17) is 18.0 Å². The number of carbonyl (C=O) groups excluding carboxylic acids is 1. The molecule has 1 amide bonds. The molecule has 1 aromatic heterocycles. The van der Waals surface area contributed by atoms with Gasteiger partial charge in [-0.25, -0.2) is 4.98 Å². The summed E-state index contributed by atoms with van der Waals surface area (Å²) in [5.41, 5.74) is 6.19. The zero-order valence-corrected chi connectivity index (χ0v) is 11.3. The second-order valence-electron chi connectivity index (χ2n) is 4.24. The molecule has 0 spiro atoms. The van der Waals surface area contributed by atoms with Gasteiger partial charge >= 0.3 is 0 Å². The highest BCUT2D eigenvalue weighted by Gasteiger charge is 2.26. The van der Waals surface area contributed by atoms with Gasteiger partial charge < -0.3 is 10.6 Å². The Hall–Kier alpha value is -1.01. The van der Waals surface area contributed by atoms with Crippen LogP contribution in [0.4, 0.5) is 0 Å². The summed E-state index contributed by atoms with van der Waals surface area (Å²) in [6.45, 7) is 3.30. The Kier molecular flexibility index (Phi) is 3.73. The molecule has 1 aromatic rings. The van der Waals surface area contributed by atoms with Gasteiger partial charge in [0.1, 0.15) is 5.69 Å². The molecule has 6 heteroatoms. The Balaban J connectivity index is 2.07. The van der Waals surface area contributed by atoms with Crippen molar-refractivity contribution in [3.8, 4) is 0 Å². The summed E-state index contributed by atoms with van der Waals surface area (Å²) in [4.78, 5) is 18.7. The van der Waals surface area contributed by atoms with Gasteiger partial charge in [0.2, 0.25) is 0 Å². The van der Waals surface area contributed by atoms with E-state index in [-0.39, 0.29) is 11.8 Å². The largest absolute Gasteiger partial charge is 0.393 e. The minimum absolute atomic E-state index is 0.00435. The number of hydrogen-bond donors (Lipinski definition) is 1. The van der Waals surface area contributed by atoms with Gasteiger partial charge in [-0.15, -0.1) is 11.3 Å². The molecule has 0 aliphatic carbocycles. The first-order chi connectivity index (χ1) is 8.08. The predicted octanol–water partition coefficient (Wildman–Crippen LogP) is 1.59. The number of hydrogen-bond acceptors (Lipinski definition) is 4. The van der Waals surface area contributed by atoms with Gasteiger partial charge in [-0.05, 0) is 19.8 Å². The first kappa shape index (κ1) is 12.4. The molecule has 2 heterocycles. The van der Waals surface area contributed by atoms with Crippen molar-refractivity contribution < 1.29 is 4.79 Å². The summed E-state index contributed by atoms with van der Waals surface area (Å²) >= 11 is 6.50. The highest BCUT2D eigenvalue weighted by molar-refractivity contribution is 7.80. The third kappa shape index (κ3) is 2.81. The molecule has 0 bridgehead atoms. The summed E-state index contributed by atoms with van der Waals surface area (Å²) in [5.74, 6) is 0.151. The quantitative estimate of drug-likeness (QED) is 0.828. The number of nitrogens with zero attached hydrogens (tertiary/aromatic N) is 2. The Labute approximate surface area is 110 Å². The lowest BCUT2D eigenvalue weighted by molar-refractivity contribution is 0.0698. The van der Waals surface area contributed by atoms with Crippen LogP contribution in [0.5, 0.6) is 0 Å². The standard InChI is InChI=1S/C11H15N3OS2/c1-7-13-9(6-17-7)11(15)14-4-2-3-8(5-14)10(12)16/h6,8H,2-5H2,1H3,(H2,12,16). The van der Waals surface area contributed by atoms with Crippen molar-refractivity contribution in [2.24, 2.45) is 11.7 Å². The number of likely N-dealkylation sites (tertiary alicyclic amines) is 1. The van der Waals surface area contributed by atoms with Crippen LogP contribution in [-0.2, 0) is 0 Å². The average Bonchev–Trinajstić information content (AvgIpc) is 2.75. The Morgan fingerprint density at radius 1 is 1.71 bits per heavy atom. The molecule has 1 fully saturated rings. The van der Waals surface area contributed by atoms with E-state index in [1.807, 2.05) is 17.2 Å². The van der Waals surface area contributed by atoms with Crippen LogP contribution in [0.15, 0.2) is 5.38 Å². The monoisotopic (exact) mass is 269 g/mol. The lowest BCUT2D eigenvalue weighted by atomic mass is 9.98. The molecular weight excluding hydrogens is 254 g/mol. The van der Waals surface area contributed by atoms with Gasteiger partial charge in [-0.2, -0.15) is 0 Å². The third-order valence-electron chi connectivity index (χ3n) is 2.95. The number of piperidine rings is 1. The Morgan fingerprint density at radius 2 is 2.47 bits per heavy atom. The van der Waals surface area contributed by atoms with Crippen molar-refractivity contribution in [3.05, 3.63) is 16.1 Å². The number of carbonyl (C=O) groups is 1. The van der Waals surface area contributed by atoms with Gasteiger partial charge in [0.25, 0.3) is 5.91 Å². The second kappa shape index (κ2) is 5.10. The fraction of sp³-hybridized carbons (Fsp3) is 0.545. The molecule has 2 N–H and O–H groups in total. The molecule has 4 nitrogen and oxygen atoms in total. The van der Waals surface area contributed by atoms with Crippen LogP contribution < -0.4 is 5.73 Å². The van der Waals surface area contributed by atoms with Crippen molar-refractivity contribution in [2.45, 2.75) is 19.8 Å². The molecule has 0 saturated carbocycles. The van der Waals surface area contributed by atoms with Crippen molar-refractivity contribution in [3.63, 3.8) is 0 Å². The summed E-state index contributed by atoms with van der Waals surface area (Å²) in [6, 6.07) is 0. The number of aromatic nitrogens is 1. The van der Waals surface area contributed by atoms with E-state index in [0.29, 0.717) is 17.2 Å². The highest BCUT2D eigenvalue weighted by atomic mass is 32.1. The molecule has 17 heavy (non-hydrogen) atoms. The Bertz CT molecular complexity index is 444. The van der Waals surface area contributed by atoms with Crippen LogP contribution in [0, 0.1) is 12.8 Å². The summed E-state index contributed by atoms with van der Waals surface area (Å²) in [7, 11) is 0. The van der Waals surface area contributed by atoms with Crippen LogP contribution in [0.2, 0.25) is 0 Å². The highest BCUT2D eigenvalue weighted by Crippen LogP contribution is 2.19. The number of nitrogens with two attached hydrogens (primary N) is 1. The van der Waals surface area contributed by atoms with E-state index in [1.165, 1.54) is 11.3 Å². The van der Waals surface area contributed by atoms with Gasteiger partial charge in [0.05, 0.1) is 10.00 Å². The van der Waals surface area contributed by atoms with E-state index < -0.39 is 0 Å². The van der Waals surface area contributed by atoms with Crippen molar-refractivity contribution in [2.75, 3.05) is 13.1 Å². The van der Waals surface area contributed by atoms with E-state index in [0.717, 1.165) is 24.4 Å². The van der Waals surface area contributed by atoms with Gasteiger partial charge in [0, 0.05) is 24.4 Å². The number of amides is 1. The van der Waals surface area contributed by atoms with Crippen LogP contribution in [-0.4, -0.2) is 33.9 Å². The summed E-state index contributed by atoms with van der Waals surface area (Å²) in [5, 5.41) is 2.72. The molecule has 1 saturated heterocycles. The van der Waals surface area contributed by atoms with Gasteiger partial charge in [0.15, 0.2) is 0 Å². The molecule has 0 aromatic carbocycles. The maximum atomic E-state index is 12.2. The molecule has 1 atom stereocenters. The number of aryl methyl sites for hydroxylation is 1. The Morgan fingerprint density at radius 3 is 3.06 bits per heavy atom. The molecule has 2 rings (SSSR count). The first-order valence-electron chi connectivity index (χ1n) is 5.58. The van der Waals surface area contributed by atoms with E-state index in [9.17, 15) is 4.79 Å². The van der Waals surface area contributed by atoms with Crippen LogP contribution in [0.3, 0.4) is 0 Å². The van der Waals surface area contributed by atoms with Crippen molar-refractivity contribution >= 4 is 34.5 Å². The zero-order valence-electron chi connectivity index (χ0n) is 9.68. The lowest BCUT2D eigenvalue weighted by Crippen LogP contribution is -2.43. The molecular formula is C11H15N3OS2. The molecule has 1 unspecified atom stereocenters. The summed E-state index contributed by atoms with van der Waals surface area (Å²) in [6.07, 6.45) is 1.94.